The zero-order valence-corrected chi connectivity index (χ0v) is 12.9. The Morgan fingerprint density at radius 2 is 1.70 bits per heavy atom. The van der Waals surface area contributed by atoms with Gasteiger partial charge in [0.1, 0.15) is 17.6 Å². The average molecular weight is 267 g/mol. The Hall–Kier alpha value is -2.08. The van der Waals surface area contributed by atoms with E-state index >= 15 is 0 Å². The summed E-state index contributed by atoms with van der Waals surface area (Å²) in [7, 11) is 1.90. The summed E-state index contributed by atoms with van der Waals surface area (Å²) >= 11 is 0. The SMILES string of the molecule is Cc1cc(C)c(CCc2nc(C)n(C)c2C#N)c(C)c1. The van der Waals surface area contributed by atoms with Gasteiger partial charge in [0, 0.05) is 7.05 Å². The highest BCUT2D eigenvalue weighted by atomic mass is 15.1. The third-order valence-corrected chi connectivity index (χ3v) is 3.95. The number of aryl methyl sites for hydroxylation is 5. The van der Waals surface area contributed by atoms with E-state index in [2.05, 4.69) is 44.0 Å². The van der Waals surface area contributed by atoms with Crippen LogP contribution < -0.4 is 0 Å². The van der Waals surface area contributed by atoms with Crippen molar-refractivity contribution in [2.45, 2.75) is 40.5 Å². The molecule has 0 N–H and O–H groups in total. The van der Waals surface area contributed by atoms with E-state index in [0.717, 1.165) is 24.4 Å². The van der Waals surface area contributed by atoms with Gasteiger partial charge in [0.05, 0.1) is 5.69 Å². The van der Waals surface area contributed by atoms with E-state index in [1.165, 1.54) is 22.3 Å². The van der Waals surface area contributed by atoms with Gasteiger partial charge in [-0.05, 0) is 57.2 Å². The molecule has 1 heterocycles. The minimum Gasteiger partial charge on any atom is -0.323 e. The lowest BCUT2D eigenvalue weighted by Crippen LogP contribution is -2.01. The normalized spacial score (nSPS) is 10.6. The fraction of sp³-hybridized carbons (Fsp3) is 0.412. The molecule has 104 valence electrons. The molecule has 0 unspecified atom stereocenters. The molecule has 0 radical (unpaired) electrons. The first-order chi connectivity index (χ1) is 9.43. The molecule has 2 aromatic rings. The molecule has 3 nitrogen and oxygen atoms in total. The molecule has 0 saturated heterocycles. The fourth-order valence-corrected chi connectivity index (χ4v) is 2.84. The molecule has 2 rings (SSSR count). The van der Waals surface area contributed by atoms with Gasteiger partial charge in [0.15, 0.2) is 0 Å². The van der Waals surface area contributed by atoms with E-state index in [0.29, 0.717) is 5.69 Å². The topological polar surface area (TPSA) is 41.6 Å². The highest BCUT2D eigenvalue weighted by molar-refractivity contribution is 5.38. The number of hydrogen-bond donors (Lipinski definition) is 0. The lowest BCUT2D eigenvalue weighted by atomic mass is 9.95. The largest absolute Gasteiger partial charge is 0.323 e. The summed E-state index contributed by atoms with van der Waals surface area (Å²) in [6.07, 6.45) is 1.75. The van der Waals surface area contributed by atoms with Crippen molar-refractivity contribution in [3.8, 4) is 6.07 Å². The second kappa shape index (κ2) is 5.50. The molecule has 0 amide bonds. The fourth-order valence-electron chi connectivity index (χ4n) is 2.84. The van der Waals surface area contributed by atoms with Crippen molar-refractivity contribution in [2.24, 2.45) is 7.05 Å². The van der Waals surface area contributed by atoms with Crippen LogP contribution in [-0.4, -0.2) is 9.55 Å². The molecule has 1 aromatic heterocycles. The molecule has 0 aliphatic heterocycles. The minimum absolute atomic E-state index is 0.685. The molecule has 0 bridgehead atoms. The Balaban J connectivity index is 2.26. The first-order valence-corrected chi connectivity index (χ1v) is 6.93. The first-order valence-electron chi connectivity index (χ1n) is 6.93. The quantitative estimate of drug-likeness (QED) is 0.856. The van der Waals surface area contributed by atoms with Crippen molar-refractivity contribution >= 4 is 0 Å². The molecule has 0 aliphatic rings. The van der Waals surface area contributed by atoms with Crippen molar-refractivity contribution < 1.29 is 0 Å². The maximum Gasteiger partial charge on any atom is 0.143 e. The zero-order chi connectivity index (χ0) is 14.9. The van der Waals surface area contributed by atoms with Crippen LogP contribution in [0.3, 0.4) is 0 Å². The smallest absolute Gasteiger partial charge is 0.143 e. The molecule has 1 aromatic carbocycles. The number of nitriles is 1. The molecule has 0 fully saturated rings. The lowest BCUT2D eigenvalue weighted by molar-refractivity contribution is 0.844. The third-order valence-electron chi connectivity index (χ3n) is 3.95. The third kappa shape index (κ3) is 2.60. The van der Waals surface area contributed by atoms with Crippen molar-refractivity contribution in [3.63, 3.8) is 0 Å². The standard InChI is InChI=1S/C17H21N3/c1-11-8-12(2)15(13(3)9-11)6-7-16-17(10-18)20(5)14(4)19-16/h8-9H,6-7H2,1-5H3. The predicted octanol–water partition coefficient (Wildman–Crippen LogP) is 3.31. The highest BCUT2D eigenvalue weighted by Crippen LogP contribution is 2.19. The molecule has 0 aliphatic carbocycles. The Bertz CT molecular complexity index is 664. The zero-order valence-electron chi connectivity index (χ0n) is 12.9. The molecule has 0 atom stereocenters. The Labute approximate surface area is 120 Å². The summed E-state index contributed by atoms with van der Waals surface area (Å²) in [5.74, 6) is 0.897. The number of aromatic nitrogens is 2. The van der Waals surface area contributed by atoms with E-state index in [9.17, 15) is 5.26 Å². The van der Waals surface area contributed by atoms with Crippen LogP contribution in [0.1, 0.15) is 39.5 Å². The molecular formula is C17H21N3. The average Bonchev–Trinajstić information content (AvgIpc) is 2.63. The van der Waals surface area contributed by atoms with Crippen molar-refractivity contribution in [1.29, 1.82) is 5.26 Å². The summed E-state index contributed by atoms with van der Waals surface area (Å²) < 4.78 is 1.87. The number of hydrogen-bond acceptors (Lipinski definition) is 2. The highest BCUT2D eigenvalue weighted by Gasteiger charge is 2.13. The van der Waals surface area contributed by atoms with Gasteiger partial charge in [-0.15, -0.1) is 0 Å². The van der Waals surface area contributed by atoms with Crippen LogP contribution >= 0.6 is 0 Å². The maximum atomic E-state index is 9.24. The Morgan fingerprint density at radius 3 is 2.25 bits per heavy atom. The van der Waals surface area contributed by atoms with Gasteiger partial charge in [-0.2, -0.15) is 5.26 Å². The lowest BCUT2D eigenvalue weighted by Gasteiger charge is -2.10. The van der Waals surface area contributed by atoms with Gasteiger partial charge in [0.25, 0.3) is 0 Å². The van der Waals surface area contributed by atoms with E-state index in [4.69, 9.17) is 0 Å². The predicted molar refractivity (Wildman–Crippen MR) is 80.7 cm³/mol. The Kier molecular flexibility index (Phi) is 3.94. The molecule has 3 heteroatoms. The van der Waals surface area contributed by atoms with Gasteiger partial charge in [-0.1, -0.05) is 17.7 Å². The van der Waals surface area contributed by atoms with Gasteiger partial charge < -0.3 is 4.57 Å². The summed E-state index contributed by atoms with van der Waals surface area (Å²) in [6.45, 7) is 8.38. The minimum atomic E-state index is 0.685. The van der Waals surface area contributed by atoms with Crippen LogP contribution in [0.5, 0.6) is 0 Å². The van der Waals surface area contributed by atoms with Crippen LogP contribution in [-0.2, 0) is 19.9 Å². The van der Waals surface area contributed by atoms with Crippen LogP contribution in [0.15, 0.2) is 12.1 Å². The van der Waals surface area contributed by atoms with E-state index in [1.807, 2.05) is 18.5 Å². The number of nitrogens with zero attached hydrogens (tertiary/aromatic N) is 3. The second-order valence-electron chi connectivity index (χ2n) is 5.50. The summed E-state index contributed by atoms with van der Waals surface area (Å²) in [5.41, 5.74) is 6.93. The van der Waals surface area contributed by atoms with E-state index in [-0.39, 0.29) is 0 Å². The van der Waals surface area contributed by atoms with Crippen LogP contribution in [0.2, 0.25) is 0 Å². The van der Waals surface area contributed by atoms with Gasteiger partial charge in [-0.25, -0.2) is 4.98 Å². The van der Waals surface area contributed by atoms with Crippen LogP contribution in [0.4, 0.5) is 0 Å². The Morgan fingerprint density at radius 1 is 1.10 bits per heavy atom. The number of rotatable bonds is 3. The summed E-state index contributed by atoms with van der Waals surface area (Å²) in [6, 6.07) is 6.70. The van der Waals surface area contributed by atoms with Crippen LogP contribution in [0.25, 0.3) is 0 Å². The number of benzene rings is 1. The summed E-state index contributed by atoms with van der Waals surface area (Å²) in [4.78, 5) is 4.51. The second-order valence-corrected chi connectivity index (χ2v) is 5.50. The molecule has 20 heavy (non-hydrogen) atoms. The number of imidazole rings is 1. The monoisotopic (exact) mass is 267 g/mol. The van der Waals surface area contributed by atoms with E-state index in [1.54, 1.807) is 0 Å². The maximum absolute atomic E-state index is 9.24. The summed E-state index contributed by atoms with van der Waals surface area (Å²) in [5, 5.41) is 9.24. The molecule has 0 saturated carbocycles. The van der Waals surface area contributed by atoms with Crippen molar-refractivity contribution in [1.82, 2.24) is 9.55 Å². The van der Waals surface area contributed by atoms with Crippen LogP contribution in [0, 0.1) is 39.0 Å². The van der Waals surface area contributed by atoms with Gasteiger partial charge in [-0.3, -0.25) is 0 Å². The van der Waals surface area contributed by atoms with E-state index < -0.39 is 0 Å². The van der Waals surface area contributed by atoms with Crippen molar-refractivity contribution in [2.75, 3.05) is 0 Å². The molecule has 0 spiro atoms. The first kappa shape index (κ1) is 14.3. The van der Waals surface area contributed by atoms with Gasteiger partial charge >= 0.3 is 0 Å². The van der Waals surface area contributed by atoms with Gasteiger partial charge in [0.2, 0.25) is 0 Å². The molecular weight excluding hydrogens is 246 g/mol. The van der Waals surface area contributed by atoms with Crippen molar-refractivity contribution in [3.05, 3.63) is 51.6 Å².